The maximum atomic E-state index is 12.6. The minimum atomic E-state index is -4.52. The van der Waals surface area contributed by atoms with Crippen LogP contribution in [0.3, 0.4) is 0 Å². The van der Waals surface area contributed by atoms with E-state index in [1.54, 1.807) is 0 Å². The first-order valence-corrected chi connectivity index (χ1v) is 6.45. The highest BCUT2D eigenvalue weighted by molar-refractivity contribution is 6.31. The van der Waals surface area contributed by atoms with E-state index in [1.807, 2.05) is 13.8 Å². The fourth-order valence-electron chi connectivity index (χ4n) is 1.42. The van der Waals surface area contributed by atoms with E-state index in [0.29, 0.717) is 12.5 Å². The Morgan fingerprint density at radius 1 is 1.35 bits per heavy atom. The summed E-state index contributed by atoms with van der Waals surface area (Å²) in [5.41, 5.74) is -0.729. The number of hydrogen-bond donors (Lipinski definition) is 2. The Bertz CT molecular complexity index is 475. The number of carbonyl (C=O) groups excluding carboxylic acids is 1. The highest BCUT2D eigenvalue weighted by atomic mass is 35.5. The molecule has 0 spiro atoms. The van der Waals surface area contributed by atoms with Crippen molar-refractivity contribution in [3.05, 3.63) is 28.8 Å². The van der Waals surface area contributed by atoms with Crippen LogP contribution in [0, 0.1) is 5.92 Å². The molecule has 0 atom stereocenters. The predicted molar refractivity (Wildman–Crippen MR) is 72.8 cm³/mol. The minimum absolute atomic E-state index is 0.0916. The lowest BCUT2D eigenvalue weighted by Crippen LogP contribution is -2.32. The maximum absolute atomic E-state index is 12.6. The predicted octanol–water partition coefficient (Wildman–Crippen LogP) is 3.54. The second kappa shape index (κ2) is 6.83. The highest BCUT2D eigenvalue weighted by Crippen LogP contribution is 2.36. The molecule has 20 heavy (non-hydrogen) atoms. The van der Waals surface area contributed by atoms with Gasteiger partial charge in [-0.2, -0.15) is 13.2 Å². The molecule has 1 aromatic rings. The van der Waals surface area contributed by atoms with Crippen molar-refractivity contribution < 1.29 is 18.0 Å². The molecule has 2 N–H and O–H groups in total. The molecular weight excluding hydrogens is 293 g/mol. The molecule has 0 saturated carbocycles. The van der Waals surface area contributed by atoms with Crippen LogP contribution in [0.1, 0.15) is 19.4 Å². The van der Waals surface area contributed by atoms with Crippen molar-refractivity contribution in [1.82, 2.24) is 5.32 Å². The summed E-state index contributed by atoms with van der Waals surface area (Å²) in [4.78, 5) is 11.4. The van der Waals surface area contributed by atoms with Gasteiger partial charge in [0, 0.05) is 12.2 Å². The fraction of sp³-hybridized carbons (Fsp3) is 0.462. The first-order valence-electron chi connectivity index (χ1n) is 6.07. The number of carbonyl (C=O) groups is 1. The van der Waals surface area contributed by atoms with Crippen LogP contribution in [0.2, 0.25) is 5.02 Å². The van der Waals surface area contributed by atoms with Gasteiger partial charge < -0.3 is 10.6 Å². The van der Waals surface area contributed by atoms with E-state index in [-0.39, 0.29) is 23.2 Å². The molecule has 0 heterocycles. The minimum Gasteiger partial charge on any atom is -0.376 e. The fourth-order valence-corrected chi connectivity index (χ4v) is 1.64. The van der Waals surface area contributed by atoms with Crippen LogP contribution in [0.5, 0.6) is 0 Å². The average Bonchev–Trinajstić information content (AvgIpc) is 2.33. The standard InChI is InChI=1S/C13H16ClF3N2O/c1-8(2)6-19-12(20)7-18-9-3-4-11(14)10(5-9)13(15,16)17/h3-5,8,18H,6-7H2,1-2H3,(H,19,20). The average molecular weight is 309 g/mol. The molecule has 0 aliphatic heterocycles. The van der Waals surface area contributed by atoms with Gasteiger partial charge in [-0.3, -0.25) is 4.79 Å². The second-order valence-electron chi connectivity index (χ2n) is 4.74. The molecule has 1 amide bonds. The van der Waals surface area contributed by atoms with Crippen LogP contribution in [0.15, 0.2) is 18.2 Å². The molecule has 0 aliphatic carbocycles. The lowest BCUT2D eigenvalue weighted by molar-refractivity contribution is -0.137. The van der Waals surface area contributed by atoms with E-state index in [1.165, 1.54) is 6.07 Å². The Morgan fingerprint density at radius 3 is 2.55 bits per heavy atom. The summed E-state index contributed by atoms with van der Waals surface area (Å²) in [5, 5.41) is 4.93. The largest absolute Gasteiger partial charge is 0.417 e. The molecule has 0 radical (unpaired) electrons. The van der Waals surface area contributed by atoms with Gasteiger partial charge in [-0.1, -0.05) is 25.4 Å². The summed E-state index contributed by atoms with van der Waals surface area (Å²) < 4.78 is 37.9. The lowest BCUT2D eigenvalue weighted by atomic mass is 10.2. The number of anilines is 1. The van der Waals surface area contributed by atoms with Crippen molar-refractivity contribution in [3.63, 3.8) is 0 Å². The molecule has 0 aliphatic rings. The Hall–Kier alpha value is -1.43. The SMILES string of the molecule is CC(C)CNC(=O)CNc1ccc(Cl)c(C(F)(F)F)c1. The number of halogens is 4. The number of nitrogens with one attached hydrogen (secondary N) is 2. The molecule has 1 aromatic carbocycles. The van der Waals surface area contributed by atoms with E-state index >= 15 is 0 Å². The third kappa shape index (κ3) is 5.28. The van der Waals surface area contributed by atoms with Crippen molar-refractivity contribution in [3.8, 4) is 0 Å². The highest BCUT2D eigenvalue weighted by Gasteiger charge is 2.33. The van der Waals surface area contributed by atoms with Gasteiger partial charge in [-0.05, 0) is 24.1 Å². The van der Waals surface area contributed by atoms with Crippen LogP contribution in [0.25, 0.3) is 0 Å². The zero-order valence-corrected chi connectivity index (χ0v) is 11.9. The smallest absolute Gasteiger partial charge is 0.376 e. The van der Waals surface area contributed by atoms with Crippen molar-refractivity contribution >= 4 is 23.2 Å². The molecule has 0 saturated heterocycles. The number of amides is 1. The quantitative estimate of drug-likeness (QED) is 0.873. The molecule has 112 valence electrons. The van der Waals surface area contributed by atoms with Crippen molar-refractivity contribution in [1.29, 1.82) is 0 Å². The molecule has 0 bridgehead atoms. The van der Waals surface area contributed by atoms with E-state index < -0.39 is 11.7 Å². The summed E-state index contributed by atoms with van der Waals surface area (Å²) in [5.74, 6) is 0.0357. The monoisotopic (exact) mass is 308 g/mol. The first-order chi connectivity index (χ1) is 9.20. The van der Waals surface area contributed by atoms with Crippen LogP contribution in [-0.4, -0.2) is 19.0 Å². The molecular formula is C13H16ClF3N2O. The summed E-state index contributed by atoms with van der Waals surface area (Å²) in [7, 11) is 0. The number of benzene rings is 1. The Labute approximate surface area is 120 Å². The van der Waals surface area contributed by atoms with Crippen LogP contribution in [0.4, 0.5) is 18.9 Å². The number of hydrogen-bond acceptors (Lipinski definition) is 2. The van der Waals surface area contributed by atoms with Gasteiger partial charge >= 0.3 is 6.18 Å². The van der Waals surface area contributed by atoms with Gasteiger partial charge in [-0.25, -0.2) is 0 Å². The number of alkyl halides is 3. The van der Waals surface area contributed by atoms with E-state index in [2.05, 4.69) is 10.6 Å². The number of rotatable bonds is 5. The van der Waals surface area contributed by atoms with Crippen molar-refractivity contribution in [2.24, 2.45) is 5.92 Å². The van der Waals surface area contributed by atoms with Gasteiger partial charge in [0.15, 0.2) is 0 Å². The Kier molecular flexibility index (Phi) is 5.68. The topological polar surface area (TPSA) is 41.1 Å². The normalized spacial score (nSPS) is 11.6. The van der Waals surface area contributed by atoms with Crippen LogP contribution in [-0.2, 0) is 11.0 Å². The van der Waals surface area contributed by atoms with E-state index in [4.69, 9.17) is 11.6 Å². The Balaban J connectivity index is 2.63. The second-order valence-corrected chi connectivity index (χ2v) is 5.15. The summed E-state index contributed by atoms with van der Waals surface area (Å²) in [6.45, 7) is 4.33. The summed E-state index contributed by atoms with van der Waals surface area (Å²) in [6.07, 6.45) is -4.52. The molecule has 0 aromatic heterocycles. The first kappa shape index (κ1) is 16.6. The van der Waals surface area contributed by atoms with Crippen LogP contribution < -0.4 is 10.6 Å². The third-order valence-electron chi connectivity index (χ3n) is 2.43. The molecule has 0 fully saturated rings. The molecule has 7 heteroatoms. The van der Waals surface area contributed by atoms with E-state index in [0.717, 1.165) is 12.1 Å². The van der Waals surface area contributed by atoms with Gasteiger partial charge in [0.1, 0.15) is 0 Å². The van der Waals surface area contributed by atoms with Gasteiger partial charge in [-0.15, -0.1) is 0 Å². The third-order valence-corrected chi connectivity index (χ3v) is 2.76. The zero-order chi connectivity index (χ0) is 15.3. The lowest BCUT2D eigenvalue weighted by Gasteiger charge is -2.13. The van der Waals surface area contributed by atoms with Crippen LogP contribution >= 0.6 is 11.6 Å². The maximum Gasteiger partial charge on any atom is 0.417 e. The molecule has 3 nitrogen and oxygen atoms in total. The zero-order valence-electron chi connectivity index (χ0n) is 11.1. The van der Waals surface area contributed by atoms with Crippen molar-refractivity contribution in [2.75, 3.05) is 18.4 Å². The van der Waals surface area contributed by atoms with E-state index in [9.17, 15) is 18.0 Å². The molecule has 1 rings (SSSR count). The van der Waals surface area contributed by atoms with Gasteiger partial charge in [0.25, 0.3) is 0 Å². The van der Waals surface area contributed by atoms with Crippen molar-refractivity contribution in [2.45, 2.75) is 20.0 Å². The summed E-state index contributed by atoms with van der Waals surface area (Å²) >= 11 is 5.50. The Morgan fingerprint density at radius 2 is 2.00 bits per heavy atom. The van der Waals surface area contributed by atoms with Gasteiger partial charge in [0.2, 0.25) is 5.91 Å². The molecule has 0 unspecified atom stereocenters. The van der Waals surface area contributed by atoms with Gasteiger partial charge in [0.05, 0.1) is 17.1 Å². The summed E-state index contributed by atoms with van der Waals surface area (Å²) in [6, 6.07) is 3.43.